The van der Waals surface area contributed by atoms with Gasteiger partial charge in [-0.15, -0.1) is 0 Å². The summed E-state index contributed by atoms with van der Waals surface area (Å²) in [5, 5.41) is 3.37. The predicted molar refractivity (Wildman–Crippen MR) is 69.8 cm³/mol. The van der Waals surface area contributed by atoms with Crippen LogP contribution in [0.2, 0.25) is 0 Å². The Morgan fingerprint density at radius 3 is 2.94 bits per heavy atom. The minimum Gasteiger partial charge on any atom is -0.313 e. The number of fused-ring (bicyclic) bond motifs is 1. The number of nitrogens with zero attached hydrogens (tertiary/aromatic N) is 1. The van der Waals surface area contributed by atoms with Crippen LogP contribution in [-0.2, 0) is 6.42 Å². The van der Waals surface area contributed by atoms with Gasteiger partial charge in [-0.3, -0.25) is 4.98 Å². The van der Waals surface area contributed by atoms with Crippen LogP contribution < -0.4 is 5.32 Å². The number of hydrogen-bond acceptors (Lipinski definition) is 2. The van der Waals surface area contributed by atoms with Gasteiger partial charge in [-0.1, -0.05) is 24.3 Å². The zero-order chi connectivity index (χ0) is 11.7. The van der Waals surface area contributed by atoms with Crippen molar-refractivity contribution in [3.05, 3.63) is 53.9 Å². The van der Waals surface area contributed by atoms with Crippen molar-refractivity contribution in [2.75, 3.05) is 7.05 Å². The van der Waals surface area contributed by atoms with E-state index in [9.17, 15) is 0 Å². The zero-order valence-electron chi connectivity index (χ0n) is 9.98. The van der Waals surface area contributed by atoms with Gasteiger partial charge >= 0.3 is 0 Å². The molecule has 0 amide bonds. The maximum atomic E-state index is 4.17. The topological polar surface area (TPSA) is 24.9 Å². The van der Waals surface area contributed by atoms with Crippen LogP contribution in [0.5, 0.6) is 0 Å². The summed E-state index contributed by atoms with van der Waals surface area (Å²) in [6.07, 6.45) is 6.12. The number of aromatic nitrogens is 1. The van der Waals surface area contributed by atoms with E-state index in [2.05, 4.69) is 34.6 Å². The lowest BCUT2D eigenvalue weighted by atomic mass is 10.0. The first kappa shape index (κ1) is 10.5. The molecule has 0 fully saturated rings. The summed E-state index contributed by atoms with van der Waals surface area (Å²) in [5.74, 6) is 0. The van der Waals surface area contributed by atoms with Gasteiger partial charge in [0.25, 0.3) is 0 Å². The second-order valence-electron chi connectivity index (χ2n) is 4.54. The quantitative estimate of drug-likeness (QED) is 0.848. The number of nitrogens with one attached hydrogen (secondary N) is 1. The minimum absolute atomic E-state index is 0.535. The fourth-order valence-electron chi connectivity index (χ4n) is 2.63. The zero-order valence-corrected chi connectivity index (χ0v) is 9.98. The Morgan fingerprint density at radius 1 is 1.24 bits per heavy atom. The SMILES string of the molecule is CNC1CCc2cc(-c3cccnc3)ccc21. The average molecular weight is 224 g/mol. The van der Waals surface area contributed by atoms with E-state index in [4.69, 9.17) is 0 Å². The van der Waals surface area contributed by atoms with Crippen molar-refractivity contribution < 1.29 is 0 Å². The van der Waals surface area contributed by atoms with E-state index in [0.29, 0.717) is 6.04 Å². The molecule has 0 saturated heterocycles. The smallest absolute Gasteiger partial charge is 0.0346 e. The first-order chi connectivity index (χ1) is 8.38. The number of rotatable bonds is 2. The van der Waals surface area contributed by atoms with Crippen LogP contribution in [0.3, 0.4) is 0 Å². The van der Waals surface area contributed by atoms with Gasteiger partial charge in [-0.05, 0) is 48.2 Å². The van der Waals surface area contributed by atoms with Crippen molar-refractivity contribution in [1.29, 1.82) is 0 Å². The van der Waals surface area contributed by atoms with Gasteiger partial charge in [0, 0.05) is 18.4 Å². The summed E-state index contributed by atoms with van der Waals surface area (Å²) in [6.45, 7) is 0. The van der Waals surface area contributed by atoms with Crippen molar-refractivity contribution in [2.45, 2.75) is 18.9 Å². The van der Waals surface area contributed by atoms with Gasteiger partial charge in [-0.2, -0.15) is 0 Å². The van der Waals surface area contributed by atoms with E-state index in [0.717, 1.165) is 0 Å². The molecule has 1 aliphatic carbocycles. The lowest BCUT2D eigenvalue weighted by Crippen LogP contribution is -2.12. The van der Waals surface area contributed by atoms with Gasteiger partial charge in [0.2, 0.25) is 0 Å². The fourth-order valence-corrected chi connectivity index (χ4v) is 2.63. The average Bonchev–Trinajstić information content (AvgIpc) is 2.81. The molecule has 86 valence electrons. The van der Waals surface area contributed by atoms with E-state index in [1.165, 1.54) is 35.1 Å². The van der Waals surface area contributed by atoms with E-state index in [1.54, 1.807) is 0 Å². The van der Waals surface area contributed by atoms with Gasteiger partial charge in [0.1, 0.15) is 0 Å². The third-order valence-corrected chi connectivity index (χ3v) is 3.56. The molecule has 1 aliphatic rings. The van der Waals surface area contributed by atoms with Crippen LogP contribution in [0.1, 0.15) is 23.6 Å². The molecular weight excluding hydrogens is 208 g/mol. The molecule has 17 heavy (non-hydrogen) atoms. The van der Waals surface area contributed by atoms with Crippen LogP contribution in [0.25, 0.3) is 11.1 Å². The highest BCUT2D eigenvalue weighted by atomic mass is 14.9. The molecular formula is C15H16N2. The van der Waals surface area contributed by atoms with Crippen molar-refractivity contribution in [1.82, 2.24) is 10.3 Å². The second kappa shape index (κ2) is 4.30. The Labute approximate surface area is 102 Å². The van der Waals surface area contributed by atoms with Crippen molar-refractivity contribution in [3.63, 3.8) is 0 Å². The van der Waals surface area contributed by atoms with E-state index in [-0.39, 0.29) is 0 Å². The Bertz CT molecular complexity index is 520. The van der Waals surface area contributed by atoms with Gasteiger partial charge in [0.05, 0.1) is 0 Å². The Morgan fingerprint density at radius 2 is 2.18 bits per heavy atom. The summed E-state index contributed by atoms with van der Waals surface area (Å²) in [7, 11) is 2.04. The van der Waals surface area contributed by atoms with Gasteiger partial charge < -0.3 is 5.32 Å². The number of pyridine rings is 1. The summed E-state index contributed by atoms with van der Waals surface area (Å²) in [4.78, 5) is 4.17. The minimum atomic E-state index is 0.535. The number of hydrogen-bond donors (Lipinski definition) is 1. The molecule has 1 N–H and O–H groups in total. The molecule has 3 rings (SSSR count). The van der Waals surface area contributed by atoms with Crippen molar-refractivity contribution >= 4 is 0 Å². The van der Waals surface area contributed by atoms with Crippen LogP contribution >= 0.6 is 0 Å². The largest absolute Gasteiger partial charge is 0.313 e. The molecule has 2 nitrogen and oxygen atoms in total. The van der Waals surface area contributed by atoms with Crippen LogP contribution in [0, 0.1) is 0 Å². The second-order valence-corrected chi connectivity index (χ2v) is 4.54. The van der Waals surface area contributed by atoms with Gasteiger partial charge in [-0.25, -0.2) is 0 Å². The van der Waals surface area contributed by atoms with E-state index >= 15 is 0 Å². The molecule has 0 spiro atoms. The monoisotopic (exact) mass is 224 g/mol. The lowest BCUT2D eigenvalue weighted by Gasteiger charge is -2.10. The van der Waals surface area contributed by atoms with E-state index < -0.39 is 0 Å². The molecule has 0 saturated carbocycles. The van der Waals surface area contributed by atoms with Crippen molar-refractivity contribution in [2.24, 2.45) is 0 Å². The van der Waals surface area contributed by atoms with Crippen molar-refractivity contribution in [3.8, 4) is 11.1 Å². The maximum absolute atomic E-state index is 4.17. The normalized spacial score (nSPS) is 18.1. The molecule has 2 heteroatoms. The predicted octanol–water partition coefficient (Wildman–Crippen LogP) is 2.96. The highest BCUT2D eigenvalue weighted by Crippen LogP contribution is 2.33. The summed E-state index contributed by atoms with van der Waals surface area (Å²) >= 11 is 0. The van der Waals surface area contributed by atoms with E-state index in [1.807, 2.05) is 25.5 Å². The summed E-state index contributed by atoms with van der Waals surface area (Å²) in [5.41, 5.74) is 5.41. The summed E-state index contributed by atoms with van der Waals surface area (Å²) < 4.78 is 0. The van der Waals surface area contributed by atoms with Crippen LogP contribution in [0.15, 0.2) is 42.7 Å². The molecule has 1 aromatic heterocycles. The highest BCUT2D eigenvalue weighted by Gasteiger charge is 2.20. The first-order valence-electron chi connectivity index (χ1n) is 6.09. The summed E-state index contributed by atoms with van der Waals surface area (Å²) in [6, 6.07) is 11.4. The third kappa shape index (κ3) is 1.85. The van der Waals surface area contributed by atoms with Gasteiger partial charge in [0.15, 0.2) is 0 Å². The molecule has 0 bridgehead atoms. The first-order valence-corrected chi connectivity index (χ1v) is 6.09. The molecule has 1 atom stereocenters. The Balaban J connectivity index is 2.01. The molecule has 1 unspecified atom stereocenters. The third-order valence-electron chi connectivity index (χ3n) is 3.56. The molecule has 1 aromatic carbocycles. The Kier molecular flexibility index (Phi) is 2.65. The molecule has 0 radical (unpaired) electrons. The number of benzene rings is 1. The Hall–Kier alpha value is -1.67. The highest BCUT2D eigenvalue weighted by molar-refractivity contribution is 5.64. The molecule has 0 aliphatic heterocycles. The molecule has 2 aromatic rings. The number of aryl methyl sites for hydroxylation is 1. The standard InChI is InChI=1S/C15H16N2/c1-16-15-7-5-12-9-11(4-6-14(12)15)13-3-2-8-17-10-13/h2-4,6,8-10,15-16H,5,7H2,1H3. The lowest BCUT2D eigenvalue weighted by molar-refractivity contribution is 0.590. The molecule has 1 heterocycles. The van der Waals surface area contributed by atoms with Crippen LogP contribution in [-0.4, -0.2) is 12.0 Å². The van der Waals surface area contributed by atoms with Crippen LogP contribution in [0.4, 0.5) is 0 Å². The maximum Gasteiger partial charge on any atom is 0.0346 e. The fraction of sp³-hybridized carbons (Fsp3) is 0.267.